The Kier molecular flexibility index (Phi) is 4.63. The zero-order valence-electron chi connectivity index (χ0n) is 8.28. The maximum absolute atomic E-state index is 11.4. The van der Waals surface area contributed by atoms with Crippen LogP contribution in [-0.2, 0) is 14.8 Å². The summed E-state index contributed by atoms with van der Waals surface area (Å²) in [5.74, 6) is 0.488. The molecule has 0 aromatic rings. The fourth-order valence-corrected chi connectivity index (χ4v) is 2.98. The van der Waals surface area contributed by atoms with Gasteiger partial charge in [-0.3, -0.25) is 0 Å². The van der Waals surface area contributed by atoms with Crippen molar-refractivity contribution in [2.75, 3.05) is 32.0 Å². The first-order valence-electron chi connectivity index (χ1n) is 4.63. The van der Waals surface area contributed by atoms with Crippen LogP contribution in [-0.4, -0.2) is 44.7 Å². The van der Waals surface area contributed by atoms with E-state index >= 15 is 0 Å². The molecule has 0 amide bonds. The van der Waals surface area contributed by atoms with Crippen molar-refractivity contribution in [1.29, 1.82) is 0 Å². The minimum Gasteiger partial charge on any atom is -0.384 e. The van der Waals surface area contributed by atoms with Gasteiger partial charge in [0.15, 0.2) is 0 Å². The number of piperidine rings is 1. The molecule has 0 atom stereocenters. The van der Waals surface area contributed by atoms with Crippen molar-refractivity contribution in [3.05, 3.63) is 0 Å². The second-order valence-corrected chi connectivity index (χ2v) is 6.07. The van der Waals surface area contributed by atoms with E-state index in [9.17, 15) is 8.42 Å². The van der Waals surface area contributed by atoms with Crippen LogP contribution < -0.4 is 0 Å². The molecule has 1 aliphatic rings. The number of alkyl halides is 1. The Morgan fingerprint density at radius 1 is 1.43 bits per heavy atom. The summed E-state index contributed by atoms with van der Waals surface area (Å²) in [6, 6.07) is 0. The van der Waals surface area contributed by atoms with Crippen LogP contribution in [0.15, 0.2) is 0 Å². The summed E-state index contributed by atoms with van der Waals surface area (Å²) in [5, 5.41) is -0.318. The molecular weight excluding hydrogens is 226 g/mol. The van der Waals surface area contributed by atoms with Crippen molar-refractivity contribution in [1.82, 2.24) is 4.31 Å². The summed E-state index contributed by atoms with van der Waals surface area (Å²) in [5.41, 5.74) is 0. The number of ether oxygens (including phenoxy) is 1. The van der Waals surface area contributed by atoms with Crippen LogP contribution in [0, 0.1) is 5.92 Å². The van der Waals surface area contributed by atoms with Crippen molar-refractivity contribution in [2.45, 2.75) is 12.8 Å². The molecule has 0 bridgehead atoms. The topological polar surface area (TPSA) is 46.6 Å². The van der Waals surface area contributed by atoms with Crippen LogP contribution in [0.4, 0.5) is 0 Å². The quantitative estimate of drug-likeness (QED) is 0.687. The summed E-state index contributed by atoms with van der Waals surface area (Å²) >= 11 is 5.37. The molecular formula is C8H16ClNO3S. The number of methoxy groups -OCH3 is 1. The van der Waals surface area contributed by atoms with Gasteiger partial charge in [-0.25, -0.2) is 12.7 Å². The third-order valence-electron chi connectivity index (χ3n) is 2.51. The molecule has 14 heavy (non-hydrogen) atoms. The highest BCUT2D eigenvalue weighted by Gasteiger charge is 2.26. The Hall–Kier alpha value is 0.160. The second kappa shape index (κ2) is 5.30. The highest BCUT2D eigenvalue weighted by atomic mass is 35.5. The maximum atomic E-state index is 11.4. The van der Waals surface area contributed by atoms with E-state index in [4.69, 9.17) is 16.3 Å². The van der Waals surface area contributed by atoms with Gasteiger partial charge in [-0.1, -0.05) is 0 Å². The van der Waals surface area contributed by atoms with Crippen LogP contribution in [0.25, 0.3) is 0 Å². The largest absolute Gasteiger partial charge is 0.384 e. The lowest BCUT2D eigenvalue weighted by atomic mass is 9.99. The molecule has 6 heteroatoms. The van der Waals surface area contributed by atoms with Gasteiger partial charge in [0.1, 0.15) is 5.21 Å². The third kappa shape index (κ3) is 3.08. The van der Waals surface area contributed by atoms with Crippen LogP contribution in [0.5, 0.6) is 0 Å². The summed E-state index contributed by atoms with van der Waals surface area (Å²) in [7, 11) is -1.53. The number of nitrogens with zero attached hydrogens (tertiary/aromatic N) is 1. The van der Waals surface area contributed by atoms with Crippen molar-refractivity contribution >= 4 is 21.6 Å². The Bertz CT molecular complexity index is 260. The summed E-state index contributed by atoms with van der Waals surface area (Å²) in [6.07, 6.45) is 1.73. The van der Waals surface area contributed by atoms with E-state index < -0.39 is 10.0 Å². The van der Waals surface area contributed by atoms with Crippen molar-refractivity contribution < 1.29 is 13.2 Å². The molecule has 0 N–H and O–H groups in total. The number of hydrogen-bond donors (Lipinski definition) is 0. The van der Waals surface area contributed by atoms with E-state index in [2.05, 4.69) is 0 Å². The zero-order valence-corrected chi connectivity index (χ0v) is 9.85. The van der Waals surface area contributed by atoms with Gasteiger partial charge in [-0.2, -0.15) is 0 Å². The van der Waals surface area contributed by atoms with Crippen LogP contribution in [0.2, 0.25) is 0 Å². The monoisotopic (exact) mass is 241 g/mol. The lowest BCUT2D eigenvalue weighted by Crippen LogP contribution is -2.39. The first kappa shape index (κ1) is 12.2. The molecule has 84 valence electrons. The van der Waals surface area contributed by atoms with E-state index in [-0.39, 0.29) is 5.21 Å². The van der Waals surface area contributed by atoms with Gasteiger partial charge in [0.05, 0.1) is 0 Å². The Labute approximate surface area is 90.2 Å². The van der Waals surface area contributed by atoms with Crippen molar-refractivity contribution in [3.8, 4) is 0 Å². The molecule has 1 aliphatic heterocycles. The molecule has 0 aromatic heterocycles. The van der Waals surface area contributed by atoms with Gasteiger partial charge in [-0.15, -0.1) is 11.6 Å². The zero-order chi connectivity index (χ0) is 10.6. The molecule has 0 radical (unpaired) electrons. The Balaban J connectivity index is 2.43. The fraction of sp³-hybridized carbons (Fsp3) is 1.00. The van der Waals surface area contributed by atoms with Gasteiger partial charge in [0, 0.05) is 26.8 Å². The number of hydrogen-bond acceptors (Lipinski definition) is 3. The van der Waals surface area contributed by atoms with Crippen LogP contribution >= 0.6 is 11.6 Å². The smallest absolute Gasteiger partial charge is 0.228 e. The number of sulfonamides is 1. The van der Waals surface area contributed by atoms with Gasteiger partial charge in [0.2, 0.25) is 10.0 Å². The first-order chi connectivity index (χ1) is 6.60. The average molecular weight is 242 g/mol. The fourth-order valence-electron chi connectivity index (χ4n) is 1.66. The molecule has 4 nitrogen and oxygen atoms in total. The van der Waals surface area contributed by atoms with E-state index in [0.717, 1.165) is 19.4 Å². The Morgan fingerprint density at radius 2 is 2.00 bits per heavy atom. The highest BCUT2D eigenvalue weighted by Crippen LogP contribution is 2.20. The average Bonchev–Trinajstić information content (AvgIpc) is 2.19. The van der Waals surface area contributed by atoms with Gasteiger partial charge < -0.3 is 4.74 Å². The molecule has 1 saturated heterocycles. The SMILES string of the molecule is COCC1CCN(S(=O)(=O)CCl)CC1. The molecule has 0 spiro atoms. The van der Waals surface area contributed by atoms with Crippen LogP contribution in [0.1, 0.15) is 12.8 Å². The predicted molar refractivity (Wildman–Crippen MR) is 55.8 cm³/mol. The number of rotatable bonds is 4. The minimum atomic E-state index is -3.20. The minimum absolute atomic E-state index is 0.318. The molecule has 1 rings (SSSR count). The molecule has 0 aliphatic carbocycles. The van der Waals surface area contributed by atoms with E-state index in [1.807, 2.05) is 0 Å². The maximum Gasteiger partial charge on any atom is 0.228 e. The summed E-state index contributed by atoms with van der Waals surface area (Å²) in [4.78, 5) is 0. The standard InChI is InChI=1S/C8H16ClNO3S/c1-13-6-8-2-4-10(5-3-8)14(11,12)7-9/h8H,2-7H2,1H3. The van der Waals surface area contributed by atoms with Gasteiger partial charge in [0.25, 0.3) is 0 Å². The second-order valence-electron chi connectivity index (χ2n) is 3.52. The van der Waals surface area contributed by atoms with Crippen molar-refractivity contribution in [3.63, 3.8) is 0 Å². The van der Waals surface area contributed by atoms with E-state index in [1.165, 1.54) is 4.31 Å². The lowest BCUT2D eigenvalue weighted by Gasteiger charge is -2.30. The first-order valence-corrected chi connectivity index (χ1v) is 6.77. The molecule has 0 saturated carbocycles. The number of halogens is 1. The Morgan fingerprint density at radius 3 is 2.43 bits per heavy atom. The van der Waals surface area contributed by atoms with Crippen LogP contribution in [0.3, 0.4) is 0 Å². The molecule has 1 heterocycles. The summed E-state index contributed by atoms with van der Waals surface area (Å²) < 4.78 is 29.3. The molecule has 0 aromatic carbocycles. The molecule has 1 fully saturated rings. The molecule has 0 unspecified atom stereocenters. The van der Waals surface area contributed by atoms with E-state index in [1.54, 1.807) is 7.11 Å². The predicted octanol–water partition coefficient (Wildman–Crippen LogP) is 0.871. The lowest BCUT2D eigenvalue weighted by molar-refractivity contribution is 0.121. The highest BCUT2D eigenvalue weighted by molar-refractivity contribution is 7.90. The van der Waals surface area contributed by atoms with E-state index in [0.29, 0.717) is 19.0 Å². The van der Waals surface area contributed by atoms with Gasteiger partial charge in [-0.05, 0) is 18.8 Å². The third-order valence-corrected chi connectivity index (χ3v) is 4.76. The van der Waals surface area contributed by atoms with Gasteiger partial charge >= 0.3 is 0 Å². The van der Waals surface area contributed by atoms with Crippen molar-refractivity contribution in [2.24, 2.45) is 5.92 Å². The summed E-state index contributed by atoms with van der Waals surface area (Å²) in [6.45, 7) is 1.86. The normalized spacial score (nSPS) is 21.3.